The van der Waals surface area contributed by atoms with Crippen molar-refractivity contribution < 1.29 is 14.1 Å². The summed E-state index contributed by atoms with van der Waals surface area (Å²) >= 11 is 0. The quantitative estimate of drug-likeness (QED) is 0.807. The molecule has 2 heterocycles. The molecule has 1 fully saturated rings. The molecule has 1 aliphatic heterocycles. The van der Waals surface area contributed by atoms with Gasteiger partial charge in [-0.3, -0.25) is 4.79 Å². The molecule has 0 spiro atoms. The van der Waals surface area contributed by atoms with Crippen molar-refractivity contribution >= 4 is 5.91 Å². The number of amides is 1. The number of hydrogen-bond donors (Lipinski definition) is 2. The Morgan fingerprint density at radius 3 is 2.74 bits per heavy atom. The third-order valence-corrected chi connectivity index (χ3v) is 5.73. The first-order valence-electron chi connectivity index (χ1n) is 9.77. The predicted octanol–water partition coefficient (Wildman–Crippen LogP) is 1.60. The Hall–Kier alpha value is -2.28. The summed E-state index contributed by atoms with van der Waals surface area (Å²) in [5.41, 5.74) is 0.777. The third kappa shape index (κ3) is 4.53. The maximum Gasteiger partial charge on any atom is 0.273 e. The van der Waals surface area contributed by atoms with E-state index in [1.54, 1.807) is 29.3 Å². The van der Waals surface area contributed by atoms with Gasteiger partial charge in [0.25, 0.3) is 5.91 Å². The highest BCUT2D eigenvalue weighted by Gasteiger charge is 2.28. The molecule has 2 aromatic rings. The minimum Gasteiger partial charge on any atom is -0.345 e. The molecule has 1 aromatic heterocycles. The Kier molecular flexibility index (Phi) is 6.21. The van der Waals surface area contributed by atoms with Crippen LogP contribution in [-0.4, -0.2) is 46.1 Å². The normalized spacial score (nSPS) is 23.8. The summed E-state index contributed by atoms with van der Waals surface area (Å²) in [7, 11) is 0. The second-order valence-corrected chi connectivity index (χ2v) is 7.60. The zero-order valence-corrected chi connectivity index (χ0v) is 16.3. The molecule has 0 radical (unpaired) electrons. The zero-order chi connectivity index (χ0) is 19.4. The van der Waals surface area contributed by atoms with Crippen LogP contribution in [0.15, 0.2) is 30.5 Å². The lowest BCUT2D eigenvalue weighted by molar-refractivity contribution is -0.950. The highest BCUT2D eigenvalue weighted by atomic mass is 19.1. The highest BCUT2D eigenvalue weighted by Crippen LogP contribution is 2.19. The van der Waals surface area contributed by atoms with Gasteiger partial charge in [-0.1, -0.05) is 23.4 Å². The van der Waals surface area contributed by atoms with E-state index in [0.717, 1.165) is 6.54 Å². The van der Waals surface area contributed by atoms with Crippen molar-refractivity contribution in [1.29, 1.82) is 0 Å². The summed E-state index contributed by atoms with van der Waals surface area (Å²) < 4.78 is 15.5. The summed E-state index contributed by atoms with van der Waals surface area (Å²) in [6, 6.07) is 7.50. The molecule has 1 unspecified atom stereocenters. The fourth-order valence-corrected chi connectivity index (χ4v) is 4.02. The van der Waals surface area contributed by atoms with Gasteiger partial charge in [0.1, 0.15) is 5.82 Å². The molecule has 6 nitrogen and oxygen atoms in total. The van der Waals surface area contributed by atoms with E-state index in [2.05, 4.69) is 29.5 Å². The van der Waals surface area contributed by atoms with E-state index in [0.29, 0.717) is 24.2 Å². The van der Waals surface area contributed by atoms with Crippen LogP contribution in [0, 0.1) is 5.82 Å². The Bertz CT molecular complexity index is 767. The van der Waals surface area contributed by atoms with Crippen LogP contribution in [0.2, 0.25) is 0 Å². The number of nitrogens with zero attached hydrogens (tertiary/aromatic N) is 3. The average molecular weight is 374 g/mol. The number of nitrogens with one attached hydrogen (secondary N) is 2. The van der Waals surface area contributed by atoms with E-state index in [1.807, 2.05) is 6.92 Å². The first-order chi connectivity index (χ1) is 13.0. The van der Waals surface area contributed by atoms with Gasteiger partial charge >= 0.3 is 0 Å². The summed E-state index contributed by atoms with van der Waals surface area (Å²) in [5, 5.41) is 10.9. The van der Waals surface area contributed by atoms with Crippen molar-refractivity contribution in [3.05, 3.63) is 47.5 Å². The minimum atomic E-state index is -0.334. The highest BCUT2D eigenvalue weighted by molar-refractivity contribution is 5.91. The van der Waals surface area contributed by atoms with Crippen LogP contribution >= 0.6 is 0 Å². The second kappa shape index (κ2) is 8.61. The molecular formula is C20H29FN5O+. The first kappa shape index (κ1) is 19.5. The number of quaternary nitrogens is 1. The molecule has 1 aromatic carbocycles. The van der Waals surface area contributed by atoms with Gasteiger partial charge in [0.2, 0.25) is 0 Å². The van der Waals surface area contributed by atoms with Crippen LogP contribution in [0.4, 0.5) is 4.39 Å². The van der Waals surface area contributed by atoms with Gasteiger partial charge in [0.05, 0.1) is 37.4 Å². The van der Waals surface area contributed by atoms with Gasteiger partial charge in [-0.15, -0.1) is 5.10 Å². The minimum absolute atomic E-state index is 0.237. The Labute approximate surface area is 159 Å². The maximum absolute atomic E-state index is 14.0. The lowest BCUT2D eigenvalue weighted by Crippen LogP contribution is -3.19. The van der Waals surface area contributed by atoms with Crippen LogP contribution < -0.4 is 10.2 Å². The third-order valence-electron chi connectivity index (χ3n) is 5.73. The Morgan fingerprint density at radius 1 is 1.33 bits per heavy atom. The van der Waals surface area contributed by atoms with Crippen molar-refractivity contribution in [3.63, 3.8) is 0 Å². The van der Waals surface area contributed by atoms with Crippen LogP contribution in [0.1, 0.15) is 62.1 Å². The fraction of sp³-hybridized carbons (Fsp3) is 0.550. The van der Waals surface area contributed by atoms with Crippen LogP contribution in [0.25, 0.3) is 0 Å². The lowest BCUT2D eigenvalue weighted by atomic mass is 9.98. The molecule has 0 aliphatic carbocycles. The van der Waals surface area contributed by atoms with Crippen LogP contribution in [-0.2, 0) is 0 Å². The Morgan fingerprint density at radius 2 is 2.04 bits per heavy atom. The van der Waals surface area contributed by atoms with E-state index >= 15 is 0 Å². The summed E-state index contributed by atoms with van der Waals surface area (Å²) in [5.74, 6) is -0.530. The molecule has 1 amide bonds. The number of benzene rings is 1. The van der Waals surface area contributed by atoms with Crippen molar-refractivity contribution in [2.45, 2.75) is 58.2 Å². The molecule has 0 saturated carbocycles. The van der Waals surface area contributed by atoms with Gasteiger partial charge in [-0.25, -0.2) is 9.07 Å². The molecule has 3 rings (SSSR count). The molecule has 7 heteroatoms. The van der Waals surface area contributed by atoms with Gasteiger partial charge in [-0.2, -0.15) is 0 Å². The molecule has 146 valence electrons. The largest absolute Gasteiger partial charge is 0.345 e. The molecule has 0 bridgehead atoms. The number of piperidine rings is 1. The second-order valence-electron chi connectivity index (χ2n) is 7.60. The number of halogens is 1. The maximum atomic E-state index is 14.0. The van der Waals surface area contributed by atoms with Gasteiger partial charge in [0.15, 0.2) is 5.69 Å². The molecule has 27 heavy (non-hydrogen) atoms. The standard InChI is InChI=1S/C20H28FN5O/c1-14-7-6-8-15(2)25(14)12-11-22-20(27)19-13-26(24-23-19)16(3)17-9-4-5-10-18(17)21/h4-5,9-10,13-16H,6-8,11-12H2,1-3H3,(H,22,27)/p+1/t14-,15+,16-/m0/s1. The summed E-state index contributed by atoms with van der Waals surface area (Å²) in [4.78, 5) is 13.9. The van der Waals surface area contributed by atoms with E-state index in [9.17, 15) is 9.18 Å². The van der Waals surface area contributed by atoms with Gasteiger partial charge in [-0.05, 0) is 46.1 Å². The molecular weight excluding hydrogens is 345 g/mol. The smallest absolute Gasteiger partial charge is 0.273 e. The molecule has 4 atom stereocenters. The van der Waals surface area contributed by atoms with Crippen LogP contribution in [0.5, 0.6) is 0 Å². The van der Waals surface area contributed by atoms with E-state index in [-0.39, 0.29) is 23.5 Å². The summed E-state index contributed by atoms with van der Waals surface area (Å²) in [6.45, 7) is 7.91. The zero-order valence-electron chi connectivity index (χ0n) is 16.3. The first-order valence-corrected chi connectivity index (χ1v) is 9.77. The molecule has 1 aliphatic rings. The monoisotopic (exact) mass is 374 g/mol. The predicted molar refractivity (Wildman–Crippen MR) is 101 cm³/mol. The number of aromatic nitrogens is 3. The van der Waals surface area contributed by atoms with Crippen molar-refractivity contribution in [2.75, 3.05) is 13.1 Å². The molecule has 1 saturated heterocycles. The van der Waals surface area contributed by atoms with E-state index in [1.165, 1.54) is 30.0 Å². The van der Waals surface area contributed by atoms with Gasteiger partial charge in [0, 0.05) is 5.56 Å². The fourth-order valence-electron chi connectivity index (χ4n) is 4.02. The SMILES string of the molecule is C[C@@H]1CCC[C@H](C)[NH+]1CCNC(=O)c1cn([C@@H](C)c2ccccc2F)nn1. The number of rotatable bonds is 6. The number of hydrogen-bond acceptors (Lipinski definition) is 3. The summed E-state index contributed by atoms with van der Waals surface area (Å²) in [6.07, 6.45) is 5.36. The van der Waals surface area contributed by atoms with Gasteiger partial charge < -0.3 is 10.2 Å². The van der Waals surface area contributed by atoms with Crippen LogP contribution in [0.3, 0.4) is 0 Å². The van der Waals surface area contributed by atoms with E-state index in [4.69, 9.17) is 0 Å². The van der Waals surface area contributed by atoms with Crippen molar-refractivity contribution in [1.82, 2.24) is 20.3 Å². The average Bonchev–Trinajstić information content (AvgIpc) is 3.14. The lowest BCUT2D eigenvalue weighted by Gasteiger charge is -2.35. The number of carbonyl (C=O) groups is 1. The Balaban J connectivity index is 1.56. The number of carbonyl (C=O) groups excluding carboxylic acids is 1. The van der Waals surface area contributed by atoms with Crippen molar-refractivity contribution in [2.24, 2.45) is 0 Å². The number of likely N-dealkylation sites (tertiary alicyclic amines) is 1. The molecule has 2 N–H and O–H groups in total. The van der Waals surface area contributed by atoms with E-state index < -0.39 is 0 Å². The van der Waals surface area contributed by atoms with Crippen molar-refractivity contribution in [3.8, 4) is 0 Å². The topological polar surface area (TPSA) is 64.2 Å².